The Kier molecular flexibility index (Phi) is 7.23. The van der Waals surface area contributed by atoms with Crippen LogP contribution in [-0.2, 0) is 23.9 Å². The van der Waals surface area contributed by atoms with Gasteiger partial charge in [-0.1, -0.05) is 91.0 Å². The van der Waals surface area contributed by atoms with E-state index in [9.17, 15) is 14.4 Å². The lowest BCUT2D eigenvalue weighted by atomic mass is 9.95. The van der Waals surface area contributed by atoms with Crippen LogP contribution in [0.2, 0.25) is 0 Å². The third-order valence-electron chi connectivity index (χ3n) is 6.20. The van der Waals surface area contributed by atoms with Gasteiger partial charge in [0, 0.05) is 12.5 Å². The van der Waals surface area contributed by atoms with E-state index in [0.29, 0.717) is 11.1 Å². The molecule has 1 fully saturated rings. The molecule has 0 unspecified atom stereocenters. The first-order valence-corrected chi connectivity index (χ1v) is 12.8. The molecule has 0 aliphatic carbocycles. The van der Waals surface area contributed by atoms with E-state index in [2.05, 4.69) is 0 Å². The Labute approximate surface area is 219 Å². The van der Waals surface area contributed by atoms with Gasteiger partial charge in [-0.2, -0.15) is 0 Å². The highest BCUT2D eigenvalue weighted by Crippen LogP contribution is 2.44. The van der Waals surface area contributed by atoms with Gasteiger partial charge in [-0.25, -0.2) is 4.79 Å². The molecule has 0 bridgehead atoms. The summed E-state index contributed by atoms with van der Waals surface area (Å²) in [6.07, 6.45) is 1.19. The Morgan fingerprint density at radius 3 is 2.05 bits per heavy atom. The number of ether oxygens (including phenoxy) is 2. The number of amides is 1. The van der Waals surface area contributed by atoms with E-state index in [4.69, 9.17) is 9.47 Å². The van der Waals surface area contributed by atoms with E-state index < -0.39 is 24.1 Å². The summed E-state index contributed by atoms with van der Waals surface area (Å²) in [6.45, 7) is 1.21. The lowest BCUT2D eigenvalue weighted by molar-refractivity contribution is -0.159. The van der Waals surface area contributed by atoms with Crippen LogP contribution in [0.25, 0.3) is 6.08 Å². The van der Waals surface area contributed by atoms with Crippen molar-refractivity contribution in [3.05, 3.63) is 124 Å². The van der Waals surface area contributed by atoms with Crippen LogP contribution in [0.3, 0.4) is 0 Å². The minimum Gasteiger partial charge on any atom is -0.461 e. The number of fused-ring (bicyclic) bond motifs is 1. The van der Waals surface area contributed by atoms with Gasteiger partial charge in [0.2, 0.25) is 0 Å². The van der Waals surface area contributed by atoms with Crippen LogP contribution < -0.4 is 0 Å². The maximum atomic E-state index is 13.8. The summed E-state index contributed by atoms with van der Waals surface area (Å²) >= 11 is 1.41. The van der Waals surface area contributed by atoms with E-state index in [1.807, 2.05) is 97.1 Å². The molecule has 2 aliphatic rings. The predicted octanol–water partition coefficient (Wildman–Crippen LogP) is 5.13. The van der Waals surface area contributed by atoms with Gasteiger partial charge >= 0.3 is 11.9 Å². The summed E-state index contributed by atoms with van der Waals surface area (Å²) in [5.74, 6) is -1.28. The van der Waals surface area contributed by atoms with Gasteiger partial charge in [-0.3, -0.25) is 9.59 Å². The zero-order valence-electron chi connectivity index (χ0n) is 20.2. The lowest BCUT2D eigenvalue weighted by Gasteiger charge is -2.48. The van der Waals surface area contributed by atoms with Crippen LogP contribution in [-0.4, -0.2) is 40.8 Å². The second-order valence-electron chi connectivity index (χ2n) is 8.73. The standard InChI is InChI=1S/C30H25NO5S/c1-20(32)35-18-24-19-37-29-25(17-21-11-5-2-6-12-21)28(33)31(29)26(24)30(34)36-27(22-13-7-3-8-14-22)23-15-9-4-10-16-23/h2-17,19,26-27,29H,18H2,1H3/b25-17+/t26-,29-/m1/s1. The Morgan fingerprint density at radius 1 is 0.919 bits per heavy atom. The molecular formula is C30H25NO5S. The van der Waals surface area contributed by atoms with Crippen LogP contribution in [0.5, 0.6) is 0 Å². The van der Waals surface area contributed by atoms with Crippen molar-refractivity contribution in [2.75, 3.05) is 6.61 Å². The summed E-state index contributed by atoms with van der Waals surface area (Å²) in [4.78, 5) is 40.2. The zero-order valence-corrected chi connectivity index (χ0v) is 21.0. The van der Waals surface area contributed by atoms with Crippen molar-refractivity contribution in [2.45, 2.75) is 24.4 Å². The molecule has 37 heavy (non-hydrogen) atoms. The molecule has 3 aromatic rings. The molecule has 1 amide bonds. The van der Waals surface area contributed by atoms with Crippen molar-refractivity contribution in [3.63, 3.8) is 0 Å². The summed E-state index contributed by atoms with van der Waals surface area (Å²) in [6, 6.07) is 27.5. The molecule has 186 valence electrons. The monoisotopic (exact) mass is 511 g/mol. The van der Waals surface area contributed by atoms with Crippen LogP contribution >= 0.6 is 11.8 Å². The van der Waals surface area contributed by atoms with Crippen molar-refractivity contribution in [3.8, 4) is 0 Å². The van der Waals surface area contributed by atoms with E-state index in [1.54, 1.807) is 5.41 Å². The molecule has 1 saturated heterocycles. The van der Waals surface area contributed by atoms with Gasteiger partial charge in [0.25, 0.3) is 5.91 Å². The predicted molar refractivity (Wildman–Crippen MR) is 142 cm³/mol. The highest BCUT2D eigenvalue weighted by molar-refractivity contribution is 8.03. The number of β-lactam (4-membered cyclic amide) rings is 1. The fraction of sp³-hybridized carbons (Fsp3) is 0.167. The first kappa shape index (κ1) is 24.6. The molecule has 3 aromatic carbocycles. The molecule has 2 atom stereocenters. The van der Waals surface area contributed by atoms with Gasteiger partial charge < -0.3 is 14.4 Å². The third-order valence-corrected chi connectivity index (χ3v) is 7.38. The molecule has 0 aromatic heterocycles. The highest BCUT2D eigenvalue weighted by Gasteiger charge is 2.52. The normalized spacial score (nSPS) is 19.6. The number of benzene rings is 3. The first-order valence-electron chi connectivity index (χ1n) is 11.9. The first-order chi connectivity index (χ1) is 18.0. The second-order valence-corrected chi connectivity index (χ2v) is 9.68. The molecule has 0 N–H and O–H groups in total. The van der Waals surface area contributed by atoms with Crippen molar-refractivity contribution < 1.29 is 23.9 Å². The van der Waals surface area contributed by atoms with Gasteiger partial charge in [0.15, 0.2) is 12.1 Å². The van der Waals surface area contributed by atoms with Gasteiger partial charge in [-0.15, -0.1) is 11.8 Å². The van der Waals surface area contributed by atoms with Crippen LogP contribution in [0.4, 0.5) is 0 Å². The Hall–Kier alpha value is -4.10. The average molecular weight is 512 g/mol. The SMILES string of the molecule is CC(=O)OCC1=CS[C@@H]2/C(=C/c3ccccc3)C(=O)N2[C@H]1C(=O)OC(c1ccccc1)c1ccccc1. The van der Waals surface area contributed by atoms with Crippen molar-refractivity contribution in [2.24, 2.45) is 0 Å². The van der Waals surface area contributed by atoms with Crippen LogP contribution in [0.1, 0.15) is 29.7 Å². The number of esters is 2. The number of carbonyl (C=O) groups excluding carboxylic acids is 3. The van der Waals surface area contributed by atoms with Gasteiger partial charge in [-0.05, 0) is 28.2 Å². The zero-order chi connectivity index (χ0) is 25.8. The molecule has 2 aliphatic heterocycles. The minimum atomic E-state index is -0.999. The smallest absolute Gasteiger partial charge is 0.334 e. The number of thioether (sulfide) groups is 1. The molecule has 0 saturated carbocycles. The molecule has 2 heterocycles. The van der Waals surface area contributed by atoms with Crippen molar-refractivity contribution >= 4 is 35.7 Å². The molecule has 6 nitrogen and oxygen atoms in total. The van der Waals surface area contributed by atoms with Crippen LogP contribution in [0.15, 0.2) is 108 Å². The Bertz CT molecular complexity index is 1310. The van der Waals surface area contributed by atoms with E-state index in [1.165, 1.54) is 23.6 Å². The summed E-state index contributed by atoms with van der Waals surface area (Å²) in [5, 5.41) is 1.47. The summed E-state index contributed by atoms with van der Waals surface area (Å²) in [7, 11) is 0. The van der Waals surface area contributed by atoms with E-state index in [-0.39, 0.29) is 17.9 Å². The number of carbonyl (C=O) groups is 3. The maximum absolute atomic E-state index is 13.8. The van der Waals surface area contributed by atoms with Crippen molar-refractivity contribution in [1.29, 1.82) is 0 Å². The molecule has 5 rings (SSSR count). The van der Waals surface area contributed by atoms with Gasteiger partial charge in [0.1, 0.15) is 12.0 Å². The Morgan fingerprint density at radius 2 is 1.49 bits per heavy atom. The summed E-state index contributed by atoms with van der Waals surface area (Å²) in [5.41, 5.74) is 3.66. The fourth-order valence-electron chi connectivity index (χ4n) is 4.42. The second kappa shape index (κ2) is 10.9. The van der Waals surface area contributed by atoms with Crippen LogP contribution in [0, 0.1) is 0 Å². The maximum Gasteiger partial charge on any atom is 0.334 e. The highest BCUT2D eigenvalue weighted by atomic mass is 32.2. The molecular weight excluding hydrogens is 486 g/mol. The quantitative estimate of drug-likeness (QED) is 0.249. The lowest BCUT2D eigenvalue weighted by Crippen LogP contribution is -2.62. The molecule has 0 spiro atoms. The summed E-state index contributed by atoms with van der Waals surface area (Å²) < 4.78 is 11.3. The van der Waals surface area contributed by atoms with E-state index in [0.717, 1.165) is 16.7 Å². The fourth-order valence-corrected chi connectivity index (χ4v) is 5.59. The largest absolute Gasteiger partial charge is 0.461 e. The van der Waals surface area contributed by atoms with Crippen molar-refractivity contribution in [1.82, 2.24) is 4.90 Å². The number of rotatable bonds is 7. The number of hydrogen-bond acceptors (Lipinski definition) is 6. The molecule has 0 radical (unpaired) electrons. The van der Waals surface area contributed by atoms with Gasteiger partial charge in [0.05, 0.1) is 5.57 Å². The topological polar surface area (TPSA) is 72.9 Å². The minimum absolute atomic E-state index is 0.0995. The number of hydrogen-bond donors (Lipinski definition) is 0. The van der Waals surface area contributed by atoms with E-state index >= 15 is 0 Å². The number of nitrogens with zero attached hydrogens (tertiary/aromatic N) is 1. The Balaban J connectivity index is 1.46. The molecule has 7 heteroatoms. The third kappa shape index (κ3) is 5.22. The average Bonchev–Trinajstić information content (AvgIpc) is 2.94.